The Bertz CT molecular complexity index is 803. The van der Waals surface area contributed by atoms with Crippen molar-refractivity contribution in [2.45, 2.75) is 45.3 Å². The summed E-state index contributed by atoms with van der Waals surface area (Å²) < 4.78 is 12.6. The normalized spacial score (nSPS) is 10.8. The Balaban J connectivity index is 2.27. The molecule has 2 aromatic carbocycles. The molecule has 0 bridgehead atoms. The highest BCUT2D eigenvalue weighted by atomic mass is 16.7. The third-order valence-corrected chi connectivity index (χ3v) is 4.45. The SMILES string of the molecule is C=CCc1ccc(OC(C)(C)Oc2ccc(CC=C)cc2CC=C)c(CC=C)c1. The highest BCUT2D eigenvalue weighted by molar-refractivity contribution is 5.41. The van der Waals surface area contributed by atoms with Gasteiger partial charge in [0.05, 0.1) is 0 Å². The number of allylic oxidation sites excluding steroid dienone is 4. The van der Waals surface area contributed by atoms with Crippen molar-refractivity contribution in [1.29, 1.82) is 0 Å². The van der Waals surface area contributed by atoms with Crippen LogP contribution in [0.4, 0.5) is 0 Å². The van der Waals surface area contributed by atoms with Gasteiger partial charge in [-0.1, -0.05) is 48.6 Å². The predicted octanol–water partition coefficient (Wildman–Crippen LogP) is 6.79. The summed E-state index contributed by atoms with van der Waals surface area (Å²) in [7, 11) is 0. The lowest BCUT2D eigenvalue weighted by Gasteiger charge is -2.29. The highest BCUT2D eigenvalue weighted by Crippen LogP contribution is 2.30. The van der Waals surface area contributed by atoms with Gasteiger partial charge in [0.2, 0.25) is 5.79 Å². The van der Waals surface area contributed by atoms with E-state index in [4.69, 9.17) is 9.47 Å². The average molecular weight is 389 g/mol. The Labute approximate surface area is 175 Å². The van der Waals surface area contributed by atoms with Gasteiger partial charge in [-0.2, -0.15) is 0 Å². The van der Waals surface area contributed by atoms with Crippen molar-refractivity contribution in [3.8, 4) is 11.5 Å². The van der Waals surface area contributed by atoms with E-state index >= 15 is 0 Å². The first kappa shape index (κ1) is 22.3. The fraction of sp³-hybridized carbons (Fsp3) is 0.259. The van der Waals surface area contributed by atoms with Crippen molar-refractivity contribution in [2.75, 3.05) is 0 Å². The molecule has 0 amide bonds. The maximum Gasteiger partial charge on any atom is 0.245 e. The molecule has 0 spiro atoms. The van der Waals surface area contributed by atoms with Gasteiger partial charge in [0.15, 0.2) is 0 Å². The Morgan fingerprint density at radius 1 is 0.655 bits per heavy atom. The first-order valence-corrected chi connectivity index (χ1v) is 9.97. The number of ether oxygens (including phenoxy) is 2. The molecular formula is C27H32O2. The van der Waals surface area contributed by atoms with E-state index in [-0.39, 0.29) is 0 Å². The van der Waals surface area contributed by atoms with E-state index in [9.17, 15) is 0 Å². The van der Waals surface area contributed by atoms with Crippen molar-refractivity contribution in [1.82, 2.24) is 0 Å². The van der Waals surface area contributed by atoms with Gasteiger partial charge < -0.3 is 9.47 Å². The van der Waals surface area contributed by atoms with Crippen LogP contribution in [-0.2, 0) is 25.7 Å². The van der Waals surface area contributed by atoms with Crippen LogP contribution in [0.25, 0.3) is 0 Å². The Kier molecular flexibility index (Phi) is 8.09. The van der Waals surface area contributed by atoms with Crippen molar-refractivity contribution in [3.63, 3.8) is 0 Å². The molecule has 2 heteroatoms. The summed E-state index contributed by atoms with van der Waals surface area (Å²) in [6, 6.07) is 12.4. The summed E-state index contributed by atoms with van der Waals surface area (Å²) in [5.74, 6) is 0.763. The van der Waals surface area contributed by atoms with Gasteiger partial charge >= 0.3 is 0 Å². The van der Waals surface area contributed by atoms with E-state index in [0.29, 0.717) is 0 Å². The summed E-state index contributed by atoms with van der Waals surface area (Å²) in [6.07, 6.45) is 10.7. The first-order valence-electron chi connectivity index (χ1n) is 9.97. The molecule has 0 saturated carbocycles. The second kappa shape index (κ2) is 10.5. The average Bonchev–Trinajstić information content (AvgIpc) is 2.66. The molecular weight excluding hydrogens is 356 g/mol. The van der Waals surface area contributed by atoms with Crippen molar-refractivity contribution < 1.29 is 9.47 Å². The minimum atomic E-state index is -0.842. The molecule has 0 aromatic heterocycles. The van der Waals surface area contributed by atoms with Crippen LogP contribution in [0.15, 0.2) is 87.0 Å². The van der Waals surface area contributed by atoms with E-state index in [0.717, 1.165) is 48.3 Å². The molecule has 0 heterocycles. The van der Waals surface area contributed by atoms with Crippen molar-refractivity contribution in [2.24, 2.45) is 0 Å². The highest BCUT2D eigenvalue weighted by Gasteiger charge is 2.24. The number of benzene rings is 2. The Morgan fingerprint density at radius 3 is 1.38 bits per heavy atom. The second-order valence-corrected chi connectivity index (χ2v) is 7.46. The molecule has 29 heavy (non-hydrogen) atoms. The molecule has 0 fully saturated rings. The zero-order chi connectivity index (χ0) is 21.3. The van der Waals surface area contributed by atoms with Crippen LogP contribution in [0.5, 0.6) is 11.5 Å². The van der Waals surface area contributed by atoms with Gasteiger partial charge in [0.1, 0.15) is 11.5 Å². The van der Waals surface area contributed by atoms with Crippen LogP contribution in [0.1, 0.15) is 36.1 Å². The van der Waals surface area contributed by atoms with Crippen LogP contribution in [0.2, 0.25) is 0 Å². The molecule has 0 atom stereocenters. The summed E-state index contributed by atoms with van der Waals surface area (Å²) in [5, 5.41) is 0. The zero-order valence-corrected chi connectivity index (χ0v) is 17.7. The van der Waals surface area contributed by atoms with E-state index in [1.807, 2.05) is 50.3 Å². The van der Waals surface area contributed by atoms with Gasteiger partial charge in [-0.3, -0.25) is 0 Å². The van der Waals surface area contributed by atoms with Crippen LogP contribution in [0.3, 0.4) is 0 Å². The van der Waals surface area contributed by atoms with Gasteiger partial charge in [0.25, 0.3) is 0 Å². The molecule has 0 saturated heterocycles. The molecule has 2 aromatic rings. The van der Waals surface area contributed by atoms with Crippen LogP contribution in [0, 0.1) is 0 Å². The Morgan fingerprint density at radius 2 is 1.03 bits per heavy atom. The smallest absolute Gasteiger partial charge is 0.245 e. The van der Waals surface area contributed by atoms with E-state index in [2.05, 4.69) is 50.6 Å². The van der Waals surface area contributed by atoms with Crippen LogP contribution < -0.4 is 9.47 Å². The Hall–Kier alpha value is -3.00. The third kappa shape index (κ3) is 6.53. The molecule has 0 aliphatic carbocycles. The number of rotatable bonds is 12. The minimum Gasteiger partial charge on any atom is -0.453 e. The monoisotopic (exact) mass is 388 g/mol. The molecule has 0 unspecified atom stereocenters. The quantitative estimate of drug-likeness (QED) is 0.294. The van der Waals surface area contributed by atoms with Gasteiger partial charge in [-0.15, -0.1) is 26.3 Å². The summed E-state index contributed by atoms with van der Waals surface area (Å²) >= 11 is 0. The van der Waals surface area contributed by atoms with Crippen LogP contribution >= 0.6 is 0 Å². The summed E-state index contributed by atoms with van der Waals surface area (Å²) in [5.41, 5.74) is 4.58. The summed E-state index contributed by atoms with van der Waals surface area (Å²) in [6.45, 7) is 19.2. The molecule has 2 rings (SSSR count). The lowest BCUT2D eigenvalue weighted by molar-refractivity contribution is -0.0819. The fourth-order valence-corrected chi connectivity index (χ4v) is 3.23. The van der Waals surface area contributed by atoms with Crippen LogP contribution in [-0.4, -0.2) is 5.79 Å². The van der Waals surface area contributed by atoms with Gasteiger partial charge in [-0.05, 0) is 60.1 Å². The standard InChI is InChI=1S/C27H32O2/c1-7-11-21-15-17-25(23(19-21)13-9-3)28-27(5,6)29-26-18-16-22(12-8-2)20-24(26)14-10-4/h7-10,15-20H,1-4,11-14H2,5-6H3. The molecule has 0 aliphatic heterocycles. The van der Waals surface area contributed by atoms with E-state index in [1.54, 1.807) is 0 Å². The third-order valence-electron chi connectivity index (χ3n) is 4.45. The molecule has 2 nitrogen and oxygen atoms in total. The molecule has 0 radical (unpaired) electrons. The maximum absolute atomic E-state index is 6.30. The molecule has 152 valence electrons. The lowest BCUT2D eigenvalue weighted by atomic mass is 10.0. The fourth-order valence-electron chi connectivity index (χ4n) is 3.23. The predicted molar refractivity (Wildman–Crippen MR) is 124 cm³/mol. The van der Waals surface area contributed by atoms with Gasteiger partial charge in [-0.25, -0.2) is 0 Å². The van der Waals surface area contributed by atoms with E-state index < -0.39 is 5.79 Å². The summed E-state index contributed by atoms with van der Waals surface area (Å²) in [4.78, 5) is 0. The number of hydrogen-bond donors (Lipinski definition) is 0. The lowest BCUT2D eigenvalue weighted by Crippen LogP contribution is -2.36. The minimum absolute atomic E-state index is 0.731. The molecule has 0 aliphatic rings. The molecule has 0 N–H and O–H groups in total. The number of hydrogen-bond acceptors (Lipinski definition) is 2. The van der Waals surface area contributed by atoms with Crippen molar-refractivity contribution >= 4 is 0 Å². The maximum atomic E-state index is 6.30. The second-order valence-electron chi connectivity index (χ2n) is 7.46. The van der Waals surface area contributed by atoms with E-state index in [1.165, 1.54) is 11.1 Å². The zero-order valence-electron chi connectivity index (χ0n) is 17.7. The largest absolute Gasteiger partial charge is 0.453 e. The first-order chi connectivity index (χ1) is 13.9. The van der Waals surface area contributed by atoms with Crippen molar-refractivity contribution in [3.05, 3.63) is 109 Å². The topological polar surface area (TPSA) is 18.5 Å². The van der Waals surface area contributed by atoms with Gasteiger partial charge in [0, 0.05) is 13.8 Å².